The predicted molar refractivity (Wildman–Crippen MR) is 71.7 cm³/mol. The highest BCUT2D eigenvalue weighted by Gasteiger charge is 2.31. The Morgan fingerprint density at radius 1 is 1.05 bits per heavy atom. The van der Waals surface area contributed by atoms with Gasteiger partial charge in [0.15, 0.2) is 24.7 Å². The summed E-state index contributed by atoms with van der Waals surface area (Å²) >= 11 is 0. The van der Waals surface area contributed by atoms with Crippen LogP contribution >= 0.6 is 0 Å². The van der Waals surface area contributed by atoms with Crippen molar-refractivity contribution in [3.63, 3.8) is 0 Å². The Hall–Kier alpha value is -0.950. The van der Waals surface area contributed by atoms with Gasteiger partial charge >= 0.3 is 0 Å². The minimum absolute atomic E-state index is 0.135. The maximum absolute atomic E-state index is 12.1. The van der Waals surface area contributed by atoms with Crippen molar-refractivity contribution in [1.29, 1.82) is 0 Å². The van der Waals surface area contributed by atoms with Gasteiger partial charge in [-0.3, -0.25) is 0 Å². The summed E-state index contributed by atoms with van der Waals surface area (Å²) < 4.78 is 48.1. The van der Waals surface area contributed by atoms with Crippen molar-refractivity contribution in [2.75, 3.05) is 11.5 Å². The second kappa shape index (κ2) is 4.86. The van der Waals surface area contributed by atoms with Gasteiger partial charge in [-0.25, -0.2) is 21.8 Å². The Kier molecular flexibility index (Phi) is 3.70. The van der Waals surface area contributed by atoms with Gasteiger partial charge in [0.1, 0.15) is 4.90 Å². The van der Waals surface area contributed by atoms with Crippen LogP contribution in [0.25, 0.3) is 0 Å². The Labute approximate surface area is 113 Å². The topological polar surface area (TPSA) is 81.2 Å². The number of pyridine rings is 1. The lowest BCUT2D eigenvalue weighted by molar-refractivity contribution is 0.578. The van der Waals surface area contributed by atoms with E-state index in [1.807, 2.05) is 0 Å². The van der Waals surface area contributed by atoms with E-state index in [9.17, 15) is 16.8 Å². The van der Waals surface area contributed by atoms with Crippen molar-refractivity contribution in [1.82, 2.24) is 4.98 Å². The van der Waals surface area contributed by atoms with E-state index in [0.717, 1.165) is 12.8 Å². The average molecular weight is 303 g/mol. The molecule has 5 nitrogen and oxygen atoms in total. The SMILES string of the molecule is CCS(=O)(=O)c1ccc(C2CC2)nc1S(=O)(=O)CC. The van der Waals surface area contributed by atoms with Gasteiger partial charge in [-0.1, -0.05) is 13.8 Å². The zero-order chi connectivity index (χ0) is 14.3. The summed E-state index contributed by atoms with van der Waals surface area (Å²) in [6.45, 7) is 2.98. The molecule has 7 heteroatoms. The molecule has 1 aliphatic carbocycles. The molecule has 0 unspecified atom stereocenters. The van der Waals surface area contributed by atoms with Crippen LogP contribution in [0.15, 0.2) is 22.1 Å². The molecule has 1 aromatic rings. The van der Waals surface area contributed by atoms with E-state index >= 15 is 0 Å². The first-order valence-corrected chi connectivity index (χ1v) is 9.58. The molecule has 0 N–H and O–H groups in total. The van der Waals surface area contributed by atoms with Gasteiger partial charge in [0.2, 0.25) is 0 Å². The van der Waals surface area contributed by atoms with Gasteiger partial charge in [0, 0.05) is 11.6 Å². The van der Waals surface area contributed by atoms with E-state index < -0.39 is 19.7 Å². The molecular formula is C12H17NO4S2. The molecule has 1 saturated carbocycles. The van der Waals surface area contributed by atoms with Crippen LogP contribution in [-0.4, -0.2) is 33.3 Å². The van der Waals surface area contributed by atoms with Gasteiger partial charge in [-0.15, -0.1) is 0 Å². The van der Waals surface area contributed by atoms with Crippen molar-refractivity contribution in [3.8, 4) is 0 Å². The maximum Gasteiger partial charge on any atom is 0.196 e. The zero-order valence-electron chi connectivity index (χ0n) is 11.0. The largest absolute Gasteiger partial charge is 0.240 e. The third-order valence-corrected chi connectivity index (χ3v) is 6.78. The van der Waals surface area contributed by atoms with E-state index in [1.54, 1.807) is 6.07 Å². The molecule has 19 heavy (non-hydrogen) atoms. The quantitative estimate of drug-likeness (QED) is 0.824. The number of sulfone groups is 2. The highest BCUT2D eigenvalue weighted by Crippen LogP contribution is 2.40. The summed E-state index contributed by atoms with van der Waals surface area (Å²) in [5.41, 5.74) is 0.682. The van der Waals surface area contributed by atoms with Crippen molar-refractivity contribution >= 4 is 19.7 Å². The summed E-state index contributed by atoms with van der Waals surface area (Å²) in [4.78, 5) is 3.96. The fourth-order valence-corrected chi connectivity index (χ4v) is 4.35. The monoisotopic (exact) mass is 303 g/mol. The number of aromatic nitrogens is 1. The van der Waals surface area contributed by atoms with Gasteiger partial charge in [-0.2, -0.15) is 0 Å². The molecule has 1 heterocycles. The summed E-state index contributed by atoms with van der Waals surface area (Å²) in [6, 6.07) is 3.02. The zero-order valence-corrected chi connectivity index (χ0v) is 12.6. The fraction of sp³-hybridized carbons (Fsp3) is 0.583. The van der Waals surface area contributed by atoms with E-state index in [1.165, 1.54) is 19.9 Å². The molecule has 1 aromatic heterocycles. The van der Waals surface area contributed by atoms with Crippen LogP contribution in [0.1, 0.15) is 38.3 Å². The van der Waals surface area contributed by atoms with E-state index in [4.69, 9.17) is 0 Å². The van der Waals surface area contributed by atoms with Gasteiger partial charge in [0.05, 0.1) is 11.5 Å². The molecule has 0 aliphatic heterocycles. The minimum Gasteiger partial charge on any atom is -0.240 e. The second-order valence-corrected chi connectivity index (χ2v) is 9.06. The van der Waals surface area contributed by atoms with Crippen LogP contribution < -0.4 is 0 Å². The van der Waals surface area contributed by atoms with Crippen molar-refractivity contribution in [2.24, 2.45) is 0 Å². The first-order valence-electron chi connectivity index (χ1n) is 6.28. The van der Waals surface area contributed by atoms with Crippen LogP contribution in [0.4, 0.5) is 0 Å². The highest BCUT2D eigenvalue weighted by molar-refractivity contribution is 7.94. The molecule has 0 bridgehead atoms. The molecule has 0 amide bonds. The molecule has 1 aliphatic rings. The first kappa shape index (κ1) is 14.5. The smallest absolute Gasteiger partial charge is 0.196 e. The van der Waals surface area contributed by atoms with Gasteiger partial charge in [-0.05, 0) is 25.0 Å². The van der Waals surface area contributed by atoms with E-state index in [-0.39, 0.29) is 27.3 Å². The Morgan fingerprint density at radius 3 is 2.11 bits per heavy atom. The second-order valence-electron chi connectivity index (χ2n) is 4.62. The molecule has 1 fully saturated rings. The van der Waals surface area contributed by atoms with Gasteiger partial charge < -0.3 is 0 Å². The van der Waals surface area contributed by atoms with Crippen LogP contribution in [0.5, 0.6) is 0 Å². The standard InChI is InChI=1S/C12H17NO4S2/c1-3-18(14,15)11-8-7-10(9-5-6-9)13-12(11)19(16,17)4-2/h7-9H,3-6H2,1-2H3. The Morgan fingerprint density at radius 2 is 1.63 bits per heavy atom. The van der Waals surface area contributed by atoms with E-state index in [0.29, 0.717) is 5.69 Å². The summed E-state index contributed by atoms with van der Waals surface area (Å²) in [5, 5.41) is -0.277. The molecule has 0 radical (unpaired) electrons. The molecule has 2 rings (SSSR count). The van der Waals surface area contributed by atoms with Crippen LogP contribution in [-0.2, 0) is 19.7 Å². The van der Waals surface area contributed by atoms with Crippen LogP contribution in [0, 0.1) is 0 Å². The Bertz CT molecular complexity index is 688. The van der Waals surface area contributed by atoms with Crippen molar-refractivity contribution < 1.29 is 16.8 Å². The summed E-state index contributed by atoms with van der Waals surface area (Å²) in [5.74, 6) is -0.00600. The fourth-order valence-electron chi connectivity index (χ4n) is 1.80. The molecule has 0 spiro atoms. The number of hydrogen-bond donors (Lipinski definition) is 0. The summed E-state index contributed by atoms with van der Waals surface area (Å²) in [7, 11) is -7.23. The molecular weight excluding hydrogens is 286 g/mol. The first-order chi connectivity index (χ1) is 8.81. The van der Waals surface area contributed by atoms with Crippen molar-refractivity contribution in [3.05, 3.63) is 17.8 Å². The third kappa shape index (κ3) is 2.81. The number of hydrogen-bond acceptors (Lipinski definition) is 5. The molecule has 0 saturated heterocycles. The van der Waals surface area contributed by atoms with Crippen LogP contribution in [0.2, 0.25) is 0 Å². The number of nitrogens with zero attached hydrogens (tertiary/aromatic N) is 1. The highest BCUT2D eigenvalue weighted by atomic mass is 32.2. The third-order valence-electron chi connectivity index (χ3n) is 3.23. The minimum atomic E-state index is -3.64. The van der Waals surface area contributed by atoms with Gasteiger partial charge in [0.25, 0.3) is 0 Å². The normalized spacial score (nSPS) is 16.5. The predicted octanol–water partition coefficient (Wildman–Crippen LogP) is 1.55. The molecule has 0 aromatic carbocycles. The van der Waals surface area contributed by atoms with Crippen molar-refractivity contribution in [2.45, 2.75) is 42.5 Å². The molecule has 106 valence electrons. The lowest BCUT2D eigenvalue weighted by Gasteiger charge is -2.10. The Balaban J connectivity index is 2.67. The summed E-state index contributed by atoms with van der Waals surface area (Å²) in [6.07, 6.45) is 1.97. The number of rotatable bonds is 5. The van der Waals surface area contributed by atoms with E-state index in [2.05, 4.69) is 4.98 Å². The maximum atomic E-state index is 12.1. The van der Waals surface area contributed by atoms with Crippen LogP contribution in [0.3, 0.4) is 0 Å². The molecule has 0 atom stereocenters. The lowest BCUT2D eigenvalue weighted by Crippen LogP contribution is -2.15. The lowest BCUT2D eigenvalue weighted by atomic mass is 10.2. The average Bonchev–Trinajstić information content (AvgIpc) is 3.22.